The lowest BCUT2D eigenvalue weighted by Gasteiger charge is -2.32. The summed E-state index contributed by atoms with van der Waals surface area (Å²) in [7, 11) is 0. The highest BCUT2D eigenvalue weighted by Gasteiger charge is 2.26. The van der Waals surface area contributed by atoms with Crippen molar-refractivity contribution >= 4 is 11.6 Å². The summed E-state index contributed by atoms with van der Waals surface area (Å²) in [4.78, 5) is 7.07. The highest BCUT2D eigenvalue weighted by Crippen LogP contribution is 2.28. The summed E-state index contributed by atoms with van der Waals surface area (Å²) in [5.41, 5.74) is 1.84. The number of hydrogen-bond donors (Lipinski definition) is 0. The van der Waals surface area contributed by atoms with Gasteiger partial charge in [0.2, 0.25) is 5.89 Å². The lowest BCUT2D eigenvalue weighted by atomic mass is 9.96. The molecule has 1 aromatic carbocycles. The normalized spacial score (nSPS) is 18.3. The summed E-state index contributed by atoms with van der Waals surface area (Å²) in [5.74, 6) is 2.11. The molecule has 4 rings (SSSR count). The first kappa shape index (κ1) is 18.2. The molecule has 1 saturated heterocycles. The molecule has 6 nitrogen and oxygen atoms in total. The van der Waals surface area contributed by atoms with E-state index in [1.807, 2.05) is 30.6 Å². The maximum Gasteiger partial charge on any atom is 0.226 e. The predicted octanol–water partition coefficient (Wildman–Crippen LogP) is 4.55. The molecule has 2 aromatic heterocycles. The van der Waals surface area contributed by atoms with Gasteiger partial charge in [0, 0.05) is 35.6 Å². The zero-order valence-corrected chi connectivity index (χ0v) is 16.4. The third kappa shape index (κ3) is 4.06. The van der Waals surface area contributed by atoms with Gasteiger partial charge in [-0.2, -0.15) is 0 Å². The van der Waals surface area contributed by atoms with Gasteiger partial charge < -0.3 is 8.98 Å². The maximum absolute atomic E-state index is 6.07. The SMILES string of the molecule is CC(C)n1cnnc1C1CCCN(Cc2coc(-c3cccc(Cl)c3)n2)C1. The van der Waals surface area contributed by atoms with Crippen LogP contribution in [0.3, 0.4) is 0 Å². The Balaban J connectivity index is 1.45. The van der Waals surface area contributed by atoms with E-state index in [0.29, 0.717) is 22.9 Å². The zero-order valence-electron chi connectivity index (χ0n) is 15.7. The highest BCUT2D eigenvalue weighted by atomic mass is 35.5. The molecule has 0 spiro atoms. The highest BCUT2D eigenvalue weighted by molar-refractivity contribution is 6.30. The van der Waals surface area contributed by atoms with E-state index in [2.05, 4.69) is 38.5 Å². The molecule has 1 fully saturated rings. The van der Waals surface area contributed by atoms with E-state index < -0.39 is 0 Å². The molecule has 0 amide bonds. The van der Waals surface area contributed by atoms with E-state index in [1.165, 1.54) is 0 Å². The van der Waals surface area contributed by atoms with Gasteiger partial charge in [-0.1, -0.05) is 17.7 Å². The van der Waals surface area contributed by atoms with Crippen molar-refractivity contribution in [2.45, 2.75) is 45.2 Å². The second kappa shape index (κ2) is 7.82. The van der Waals surface area contributed by atoms with E-state index >= 15 is 0 Å². The summed E-state index contributed by atoms with van der Waals surface area (Å²) in [6.45, 7) is 7.13. The van der Waals surface area contributed by atoms with Crippen molar-refractivity contribution in [3.05, 3.63) is 53.4 Å². The summed E-state index contributed by atoms with van der Waals surface area (Å²) >= 11 is 6.07. The molecular weight excluding hydrogens is 362 g/mol. The van der Waals surface area contributed by atoms with Crippen LogP contribution in [0.2, 0.25) is 5.02 Å². The molecule has 0 radical (unpaired) electrons. The number of benzene rings is 1. The first-order valence-corrected chi connectivity index (χ1v) is 9.80. The van der Waals surface area contributed by atoms with Crippen LogP contribution in [0, 0.1) is 0 Å². The molecular formula is C20H24ClN5O. The van der Waals surface area contributed by atoms with Crippen LogP contribution in [0.15, 0.2) is 41.3 Å². The fourth-order valence-corrected chi connectivity index (χ4v) is 3.90. The van der Waals surface area contributed by atoms with E-state index in [9.17, 15) is 0 Å². The largest absolute Gasteiger partial charge is 0.444 e. The van der Waals surface area contributed by atoms with E-state index in [0.717, 1.165) is 49.6 Å². The minimum absolute atomic E-state index is 0.376. The van der Waals surface area contributed by atoms with Crippen molar-refractivity contribution in [3.8, 4) is 11.5 Å². The van der Waals surface area contributed by atoms with Crippen molar-refractivity contribution in [2.24, 2.45) is 0 Å². The molecule has 0 bridgehead atoms. The molecule has 0 N–H and O–H groups in total. The summed E-state index contributed by atoms with van der Waals surface area (Å²) in [5, 5.41) is 9.20. The number of halogens is 1. The Labute approximate surface area is 164 Å². The van der Waals surface area contributed by atoms with Crippen LogP contribution in [-0.4, -0.2) is 37.7 Å². The van der Waals surface area contributed by atoms with Gasteiger partial charge >= 0.3 is 0 Å². The number of nitrogens with zero attached hydrogens (tertiary/aromatic N) is 5. The summed E-state index contributed by atoms with van der Waals surface area (Å²) < 4.78 is 7.86. The van der Waals surface area contributed by atoms with Crippen molar-refractivity contribution in [3.63, 3.8) is 0 Å². The van der Waals surface area contributed by atoms with Gasteiger partial charge in [0.25, 0.3) is 0 Å². The Hall–Kier alpha value is -2.18. The molecule has 3 heterocycles. The second-order valence-electron chi connectivity index (χ2n) is 7.42. The average molecular weight is 386 g/mol. The fraction of sp³-hybridized carbons (Fsp3) is 0.450. The Morgan fingerprint density at radius 1 is 1.33 bits per heavy atom. The van der Waals surface area contributed by atoms with Crippen molar-refractivity contribution in [1.29, 1.82) is 0 Å². The first-order valence-electron chi connectivity index (χ1n) is 9.42. The van der Waals surface area contributed by atoms with Crippen LogP contribution in [-0.2, 0) is 6.54 Å². The Bertz CT molecular complexity index is 903. The average Bonchev–Trinajstić information content (AvgIpc) is 3.31. The van der Waals surface area contributed by atoms with Gasteiger partial charge in [0.1, 0.15) is 18.4 Å². The second-order valence-corrected chi connectivity index (χ2v) is 7.86. The van der Waals surface area contributed by atoms with Crippen LogP contribution in [0.25, 0.3) is 11.5 Å². The summed E-state index contributed by atoms with van der Waals surface area (Å²) in [6, 6.07) is 7.95. The van der Waals surface area contributed by atoms with Crippen LogP contribution >= 0.6 is 11.6 Å². The fourth-order valence-electron chi connectivity index (χ4n) is 3.71. The van der Waals surface area contributed by atoms with E-state index in [4.69, 9.17) is 16.0 Å². The molecule has 27 heavy (non-hydrogen) atoms. The molecule has 0 saturated carbocycles. The molecule has 1 atom stereocenters. The van der Waals surface area contributed by atoms with Gasteiger partial charge in [-0.25, -0.2) is 4.98 Å². The van der Waals surface area contributed by atoms with E-state index in [1.54, 1.807) is 6.26 Å². The Kier molecular flexibility index (Phi) is 5.27. The maximum atomic E-state index is 6.07. The minimum Gasteiger partial charge on any atom is -0.444 e. The van der Waals surface area contributed by atoms with Crippen molar-refractivity contribution in [2.75, 3.05) is 13.1 Å². The third-order valence-electron chi connectivity index (χ3n) is 5.04. The smallest absolute Gasteiger partial charge is 0.226 e. The number of aromatic nitrogens is 4. The third-order valence-corrected chi connectivity index (χ3v) is 5.27. The van der Waals surface area contributed by atoms with E-state index in [-0.39, 0.29) is 0 Å². The van der Waals surface area contributed by atoms with Gasteiger partial charge in [0.15, 0.2) is 0 Å². The zero-order chi connectivity index (χ0) is 18.8. The molecule has 7 heteroatoms. The topological polar surface area (TPSA) is 60.0 Å². The molecule has 1 aliphatic rings. The minimum atomic E-state index is 0.376. The first-order chi connectivity index (χ1) is 13.1. The number of hydrogen-bond acceptors (Lipinski definition) is 5. The standard InChI is InChI=1S/C20H24ClN5O/c1-14(2)26-13-22-24-19(26)16-6-4-8-25(10-16)11-18-12-27-20(23-18)15-5-3-7-17(21)9-15/h3,5,7,9,12-14,16H,4,6,8,10-11H2,1-2H3. The molecule has 1 aliphatic heterocycles. The molecule has 0 aliphatic carbocycles. The Morgan fingerprint density at radius 3 is 3.04 bits per heavy atom. The lowest BCUT2D eigenvalue weighted by molar-refractivity contribution is 0.191. The van der Waals surface area contributed by atoms with Crippen LogP contribution in [0.4, 0.5) is 0 Å². The van der Waals surface area contributed by atoms with Crippen LogP contribution in [0.5, 0.6) is 0 Å². The van der Waals surface area contributed by atoms with Crippen LogP contribution < -0.4 is 0 Å². The molecule has 142 valence electrons. The van der Waals surface area contributed by atoms with Gasteiger partial charge in [-0.05, 0) is 51.4 Å². The van der Waals surface area contributed by atoms with Gasteiger partial charge in [0.05, 0.1) is 5.69 Å². The predicted molar refractivity (Wildman–Crippen MR) is 105 cm³/mol. The van der Waals surface area contributed by atoms with Gasteiger partial charge in [-0.15, -0.1) is 10.2 Å². The van der Waals surface area contributed by atoms with Crippen LogP contribution in [0.1, 0.15) is 50.2 Å². The number of oxazole rings is 1. The quantitative estimate of drug-likeness (QED) is 0.644. The van der Waals surface area contributed by atoms with Crippen molar-refractivity contribution < 1.29 is 4.42 Å². The number of likely N-dealkylation sites (tertiary alicyclic amines) is 1. The molecule has 1 unspecified atom stereocenters. The molecule has 3 aromatic rings. The van der Waals surface area contributed by atoms with Crippen molar-refractivity contribution in [1.82, 2.24) is 24.6 Å². The monoisotopic (exact) mass is 385 g/mol. The summed E-state index contributed by atoms with van der Waals surface area (Å²) in [6.07, 6.45) is 5.88. The Morgan fingerprint density at radius 2 is 2.22 bits per heavy atom. The lowest BCUT2D eigenvalue weighted by Crippen LogP contribution is -2.35. The number of rotatable bonds is 5. The van der Waals surface area contributed by atoms with Gasteiger partial charge in [-0.3, -0.25) is 4.90 Å². The number of piperidine rings is 1.